The molecule has 4 aromatic carbocycles. The van der Waals surface area contributed by atoms with E-state index in [1.807, 2.05) is 111 Å². The molecule has 0 atom stereocenters. The van der Waals surface area contributed by atoms with Gasteiger partial charge in [-0.1, -0.05) is 78.4 Å². The molecule has 0 aliphatic heterocycles. The number of aryl methyl sites for hydroxylation is 1. The molecule has 0 aliphatic carbocycles. The van der Waals surface area contributed by atoms with Crippen molar-refractivity contribution < 1.29 is 18.7 Å². The van der Waals surface area contributed by atoms with Crippen LogP contribution in [0.15, 0.2) is 101 Å². The maximum absolute atomic E-state index is 13.7. The first-order chi connectivity index (χ1) is 18.1. The van der Waals surface area contributed by atoms with Crippen molar-refractivity contribution in [2.75, 3.05) is 6.61 Å². The number of ether oxygens (including phenoxy) is 2. The summed E-state index contributed by atoms with van der Waals surface area (Å²) in [6, 6.07) is 30.5. The van der Waals surface area contributed by atoms with Gasteiger partial charge in [0.05, 0.1) is 12.2 Å². The molecule has 0 bridgehead atoms. The molecule has 0 N–H and O–H groups in total. The van der Waals surface area contributed by atoms with E-state index in [-0.39, 0.29) is 11.7 Å². The van der Waals surface area contributed by atoms with E-state index in [9.17, 15) is 4.79 Å². The van der Waals surface area contributed by atoms with Gasteiger partial charge in [0.1, 0.15) is 12.1 Å². The standard InChI is InChI=1S/C32H27NO4/c1-3-35-30-20-24(15-18-29(30)36-21-23-9-5-4-6-10-23)19-26(31(34)25-16-13-22(2)14-17-25)32-33-27-11-7-8-12-28(27)37-32/h4-20H,3,21H2,1-2H3/b26-19-. The van der Waals surface area contributed by atoms with Gasteiger partial charge in [-0.2, -0.15) is 0 Å². The molecule has 5 nitrogen and oxygen atoms in total. The third kappa shape index (κ3) is 5.62. The van der Waals surface area contributed by atoms with Crippen molar-refractivity contribution in [2.45, 2.75) is 20.5 Å². The molecule has 1 heterocycles. The fourth-order valence-corrected chi connectivity index (χ4v) is 3.98. The second-order valence-electron chi connectivity index (χ2n) is 8.65. The first-order valence-corrected chi connectivity index (χ1v) is 12.2. The van der Waals surface area contributed by atoms with E-state index in [0.29, 0.717) is 46.9 Å². The second kappa shape index (κ2) is 11.0. The normalized spacial score (nSPS) is 11.5. The van der Waals surface area contributed by atoms with Crippen LogP contribution in [0.3, 0.4) is 0 Å². The number of oxazole rings is 1. The highest BCUT2D eigenvalue weighted by molar-refractivity contribution is 6.31. The second-order valence-corrected chi connectivity index (χ2v) is 8.65. The summed E-state index contributed by atoms with van der Waals surface area (Å²) < 4.78 is 17.9. The Morgan fingerprint density at radius 2 is 1.62 bits per heavy atom. The van der Waals surface area contributed by atoms with Gasteiger partial charge in [-0.3, -0.25) is 4.79 Å². The minimum Gasteiger partial charge on any atom is -0.490 e. The van der Waals surface area contributed by atoms with E-state index < -0.39 is 0 Å². The molecule has 1 aromatic heterocycles. The van der Waals surface area contributed by atoms with Gasteiger partial charge in [0.25, 0.3) is 0 Å². The maximum Gasteiger partial charge on any atom is 0.231 e. The SMILES string of the molecule is CCOc1cc(/C=C(/C(=O)c2ccc(C)cc2)c2nc3ccccc3o2)ccc1OCc1ccccc1. The van der Waals surface area contributed by atoms with Gasteiger partial charge < -0.3 is 13.9 Å². The minimum atomic E-state index is -0.172. The summed E-state index contributed by atoms with van der Waals surface area (Å²) in [7, 11) is 0. The first-order valence-electron chi connectivity index (χ1n) is 12.2. The van der Waals surface area contributed by atoms with Gasteiger partial charge in [-0.25, -0.2) is 4.98 Å². The molecule has 5 aromatic rings. The number of allylic oxidation sites excluding steroid dienone is 1. The summed E-state index contributed by atoms with van der Waals surface area (Å²) in [5.74, 6) is 1.34. The monoisotopic (exact) mass is 489 g/mol. The van der Waals surface area contributed by atoms with E-state index in [0.717, 1.165) is 16.7 Å². The molecular weight excluding hydrogens is 462 g/mol. The van der Waals surface area contributed by atoms with Crippen LogP contribution in [0.2, 0.25) is 0 Å². The number of ketones is 1. The molecule has 37 heavy (non-hydrogen) atoms. The number of Topliss-reactive ketones (excluding diaryl/α,β-unsaturated/α-hetero) is 1. The lowest BCUT2D eigenvalue weighted by Gasteiger charge is -2.13. The van der Waals surface area contributed by atoms with Crippen molar-refractivity contribution in [3.8, 4) is 11.5 Å². The third-order valence-corrected chi connectivity index (χ3v) is 5.90. The van der Waals surface area contributed by atoms with E-state index in [1.54, 1.807) is 6.08 Å². The number of aromatic nitrogens is 1. The summed E-state index contributed by atoms with van der Waals surface area (Å²) in [5.41, 5.74) is 5.16. The first kappa shape index (κ1) is 24.1. The highest BCUT2D eigenvalue weighted by Gasteiger charge is 2.20. The van der Waals surface area contributed by atoms with Crippen LogP contribution in [0.25, 0.3) is 22.7 Å². The van der Waals surface area contributed by atoms with Gasteiger partial charge in [-0.15, -0.1) is 0 Å². The predicted molar refractivity (Wildman–Crippen MR) is 146 cm³/mol. The van der Waals surface area contributed by atoms with E-state index in [1.165, 1.54) is 0 Å². The number of fused-ring (bicyclic) bond motifs is 1. The number of rotatable bonds is 9. The Morgan fingerprint density at radius 3 is 2.38 bits per heavy atom. The average molecular weight is 490 g/mol. The van der Waals surface area contributed by atoms with Crippen LogP contribution in [0, 0.1) is 6.92 Å². The van der Waals surface area contributed by atoms with Gasteiger partial charge in [0.15, 0.2) is 22.9 Å². The fraction of sp³-hybridized carbons (Fsp3) is 0.125. The Hall–Kier alpha value is -4.64. The molecule has 0 amide bonds. The number of nitrogens with zero attached hydrogens (tertiary/aromatic N) is 1. The van der Waals surface area contributed by atoms with Gasteiger partial charge in [0, 0.05) is 5.56 Å². The third-order valence-electron chi connectivity index (χ3n) is 5.90. The van der Waals surface area contributed by atoms with Crippen LogP contribution < -0.4 is 9.47 Å². The van der Waals surface area contributed by atoms with Crippen molar-refractivity contribution in [3.63, 3.8) is 0 Å². The highest BCUT2D eigenvalue weighted by Crippen LogP contribution is 2.32. The number of hydrogen-bond donors (Lipinski definition) is 0. The zero-order chi connectivity index (χ0) is 25.6. The Balaban J connectivity index is 1.53. The van der Waals surface area contributed by atoms with Crippen molar-refractivity contribution in [2.24, 2.45) is 0 Å². The van der Waals surface area contributed by atoms with Crippen molar-refractivity contribution in [1.29, 1.82) is 0 Å². The Kier molecular flexibility index (Phi) is 7.13. The molecule has 0 saturated heterocycles. The van der Waals surface area contributed by atoms with E-state index in [2.05, 4.69) is 4.98 Å². The van der Waals surface area contributed by atoms with Crippen molar-refractivity contribution in [1.82, 2.24) is 4.98 Å². The van der Waals surface area contributed by atoms with Crippen molar-refractivity contribution in [3.05, 3.63) is 125 Å². The highest BCUT2D eigenvalue weighted by atomic mass is 16.5. The molecule has 0 saturated carbocycles. The summed E-state index contributed by atoms with van der Waals surface area (Å²) in [5, 5.41) is 0. The molecule has 0 aliphatic rings. The number of carbonyl (C=O) groups is 1. The lowest BCUT2D eigenvalue weighted by Crippen LogP contribution is -2.04. The number of hydrogen-bond acceptors (Lipinski definition) is 5. The van der Waals surface area contributed by atoms with Crippen LogP contribution >= 0.6 is 0 Å². The van der Waals surface area contributed by atoms with E-state index >= 15 is 0 Å². The zero-order valence-electron chi connectivity index (χ0n) is 20.8. The predicted octanol–water partition coefficient (Wildman–Crippen LogP) is 7.54. The topological polar surface area (TPSA) is 61.6 Å². The molecule has 0 unspecified atom stereocenters. The van der Waals surface area contributed by atoms with Crippen LogP contribution in [0.4, 0.5) is 0 Å². The van der Waals surface area contributed by atoms with Crippen LogP contribution in [0.5, 0.6) is 11.5 Å². The maximum atomic E-state index is 13.7. The fourth-order valence-electron chi connectivity index (χ4n) is 3.98. The Labute approximate surface area is 216 Å². The quantitative estimate of drug-likeness (QED) is 0.158. The van der Waals surface area contributed by atoms with E-state index in [4.69, 9.17) is 13.9 Å². The summed E-state index contributed by atoms with van der Waals surface area (Å²) in [6.07, 6.45) is 1.79. The molecular formula is C32H27NO4. The Bertz CT molecular complexity index is 1520. The molecule has 0 spiro atoms. The number of carbonyl (C=O) groups excluding carboxylic acids is 1. The van der Waals surface area contributed by atoms with Crippen molar-refractivity contribution >= 4 is 28.5 Å². The number of benzene rings is 4. The lowest BCUT2D eigenvalue weighted by atomic mass is 9.99. The molecule has 5 rings (SSSR count). The largest absolute Gasteiger partial charge is 0.490 e. The summed E-state index contributed by atoms with van der Waals surface area (Å²) >= 11 is 0. The summed E-state index contributed by atoms with van der Waals surface area (Å²) in [4.78, 5) is 18.3. The molecule has 184 valence electrons. The number of para-hydroxylation sites is 2. The van der Waals surface area contributed by atoms with Gasteiger partial charge >= 0.3 is 0 Å². The Morgan fingerprint density at radius 1 is 0.865 bits per heavy atom. The molecule has 0 radical (unpaired) electrons. The van der Waals surface area contributed by atoms with Gasteiger partial charge in [-0.05, 0) is 55.3 Å². The summed E-state index contributed by atoms with van der Waals surface area (Å²) in [6.45, 7) is 4.82. The zero-order valence-corrected chi connectivity index (χ0v) is 20.8. The minimum absolute atomic E-state index is 0.172. The smallest absolute Gasteiger partial charge is 0.231 e. The van der Waals surface area contributed by atoms with Gasteiger partial charge in [0.2, 0.25) is 5.89 Å². The lowest BCUT2D eigenvalue weighted by molar-refractivity contribution is 0.105. The molecule has 0 fully saturated rings. The van der Waals surface area contributed by atoms with Crippen LogP contribution in [-0.2, 0) is 6.61 Å². The van der Waals surface area contributed by atoms with Crippen LogP contribution in [0.1, 0.15) is 39.9 Å². The van der Waals surface area contributed by atoms with Crippen LogP contribution in [-0.4, -0.2) is 17.4 Å². The molecule has 5 heteroatoms. The average Bonchev–Trinajstić information content (AvgIpc) is 3.36.